The molecular weight excluding hydrogens is 268 g/mol. The summed E-state index contributed by atoms with van der Waals surface area (Å²) in [7, 11) is 0. The second kappa shape index (κ2) is 8.42. The van der Waals surface area contributed by atoms with Crippen LogP contribution in [0.25, 0.3) is 0 Å². The highest BCUT2D eigenvalue weighted by molar-refractivity contribution is 7.11. The van der Waals surface area contributed by atoms with E-state index < -0.39 is 0 Å². The maximum absolute atomic E-state index is 11.9. The standard InChI is InChI=1S/C16H28N2OS/c1-11(2)8-9-17-16(19)14(5)18-12(3)10-15-7-6-13(4)20-15/h6-7,11-12,14,18H,8-10H2,1-5H3,(H,17,19). The lowest BCUT2D eigenvalue weighted by atomic mass is 10.1. The second-order valence-electron chi connectivity index (χ2n) is 5.98. The third-order valence-electron chi connectivity index (χ3n) is 3.25. The zero-order chi connectivity index (χ0) is 15.1. The molecule has 114 valence electrons. The van der Waals surface area contributed by atoms with E-state index in [0.717, 1.165) is 19.4 Å². The van der Waals surface area contributed by atoms with Crippen LogP contribution in [0.2, 0.25) is 0 Å². The van der Waals surface area contributed by atoms with Crippen LogP contribution >= 0.6 is 11.3 Å². The minimum atomic E-state index is -0.141. The molecule has 1 aromatic rings. The molecule has 0 bridgehead atoms. The lowest BCUT2D eigenvalue weighted by Gasteiger charge is -2.19. The molecule has 1 heterocycles. The number of amides is 1. The Morgan fingerprint density at radius 2 is 1.95 bits per heavy atom. The Bertz CT molecular complexity index is 414. The summed E-state index contributed by atoms with van der Waals surface area (Å²) in [6, 6.07) is 4.48. The predicted octanol–water partition coefficient (Wildman–Crippen LogP) is 3.13. The maximum atomic E-state index is 11.9. The quantitative estimate of drug-likeness (QED) is 0.774. The number of hydrogen-bond acceptors (Lipinski definition) is 3. The molecule has 2 N–H and O–H groups in total. The van der Waals surface area contributed by atoms with E-state index >= 15 is 0 Å². The zero-order valence-electron chi connectivity index (χ0n) is 13.3. The van der Waals surface area contributed by atoms with Gasteiger partial charge < -0.3 is 10.6 Å². The average Bonchev–Trinajstić information content (AvgIpc) is 2.73. The first-order chi connectivity index (χ1) is 9.38. The highest BCUT2D eigenvalue weighted by Gasteiger charge is 2.15. The molecule has 0 fully saturated rings. The molecule has 2 atom stereocenters. The van der Waals surface area contributed by atoms with Crippen LogP contribution in [0.1, 0.15) is 43.9 Å². The van der Waals surface area contributed by atoms with Crippen LogP contribution < -0.4 is 10.6 Å². The summed E-state index contributed by atoms with van der Waals surface area (Å²) in [5.41, 5.74) is 0. The Morgan fingerprint density at radius 1 is 1.25 bits per heavy atom. The number of carbonyl (C=O) groups is 1. The molecule has 1 rings (SSSR count). The van der Waals surface area contributed by atoms with E-state index in [1.54, 1.807) is 0 Å². The Labute approximate surface area is 127 Å². The van der Waals surface area contributed by atoms with E-state index in [1.165, 1.54) is 9.75 Å². The number of hydrogen-bond donors (Lipinski definition) is 2. The van der Waals surface area contributed by atoms with Crippen molar-refractivity contribution in [3.63, 3.8) is 0 Å². The lowest BCUT2D eigenvalue weighted by molar-refractivity contribution is -0.122. The van der Waals surface area contributed by atoms with E-state index in [1.807, 2.05) is 18.3 Å². The Morgan fingerprint density at radius 3 is 2.50 bits per heavy atom. The van der Waals surface area contributed by atoms with Crippen molar-refractivity contribution in [3.05, 3.63) is 21.9 Å². The number of nitrogens with one attached hydrogen (secondary N) is 2. The Hall–Kier alpha value is -0.870. The van der Waals surface area contributed by atoms with Gasteiger partial charge in [0.2, 0.25) is 5.91 Å². The van der Waals surface area contributed by atoms with Crippen molar-refractivity contribution in [3.8, 4) is 0 Å². The molecule has 0 saturated carbocycles. The van der Waals surface area contributed by atoms with Crippen molar-refractivity contribution < 1.29 is 4.79 Å². The van der Waals surface area contributed by atoms with Gasteiger partial charge in [-0.25, -0.2) is 0 Å². The van der Waals surface area contributed by atoms with E-state index in [2.05, 4.69) is 50.5 Å². The summed E-state index contributed by atoms with van der Waals surface area (Å²) in [6.07, 6.45) is 2.00. The third-order valence-corrected chi connectivity index (χ3v) is 4.28. The van der Waals surface area contributed by atoms with Crippen LogP contribution in [0.3, 0.4) is 0 Å². The van der Waals surface area contributed by atoms with Crippen LogP contribution in [0.5, 0.6) is 0 Å². The Kier molecular flexibility index (Phi) is 7.24. The SMILES string of the molecule is Cc1ccc(CC(C)NC(C)C(=O)NCCC(C)C)s1. The van der Waals surface area contributed by atoms with Crippen LogP contribution in [0.4, 0.5) is 0 Å². The van der Waals surface area contributed by atoms with E-state index in [4.69, 9.17) is 0 Å². The first-order valence-electron chi connectivity index (χ1n) is 7.47. The summed E-state index contributed by atoms with van der Waals surface area (Å²) >= 11 is 1.83. The van der Waals surface area contributed by atoms with Gasteiger partial charge in [0.1, 0.15) is 0 Å². The molecule has 2 unspecified atom stereocenters. The van der Waals surface area contributed by atoms with Crippen LogP contribution in [0.15, 0.2) is 12.1 Å². The normalized spacial score (nSPS) is 14.3. The van der Waals surface area contributed by atoms with Crippen molar-refractivity contribution in [2.45, 2.75) is 59.5 Å². The molecule has 1 amide bonds. The summed E-state index contributed by atoms with van der Waals surface area (Å²) in [4.78, 5) is 14.7. The fraction of sp³-hybridized carbons (Fsp3) is 0.688. The number of carbonyl (C=O) groups excluding carboxylic acids is 1. The molecule has 4 heteroatoms. The zero-order valence-corrected chi connectivity index (χ0v) is 14.1. The maximum Gasteiger partial charge on any atom is 0.236 e. The summed E-state index contributed by atoms with van der Waals surface area (Å²) in [5, 5.41) is 6.36. The molecule has 0 aliphatic carbocycles. The molecular formula is C16H28N2OS. The fourth-order valence-corrected chi connectivity index (χ4v) is 3.11. The van der Waals surface area contributed by atoms with Crippen LogP contribution in [0, 0.1) is 12.8 Å². The van der Waals surface area contributed by atoms with Gasteiger partial charge in [0.25, 0.3) is 0 Å². The molecule has 3 nitrogen and oxygen atoms in total. The van der Waals surface area contributed by atoms with Crippen molar-refractivity contribution in [1.29, 1.82) is 0 Å². The first-order valence-corrected chi connectivity index (χ1v) is 8.29. The number of rotatable bonds is 8. The van der Waals surface area contributed by atoms with Gasteiger partial charge in [-0.05, 0) is 51.7 Å². The van der Waals surface area contributed by atoms with Crippen LogP contribution in [-0.2, 0) is 11.2 Å². The molecule has 0 spiro atoms. The molecule has 0 aromatic carbocycles. The van der Waals surface area contributed by atoms with Gasteiger partial charge in [-0.15, -0.1) is 11.3 Å². The first kappa shape index (κ1) is 17.2. The van der Waals surface area contributed by atoms with E-state index in [-0.39, 0.29) is 11.9 Å². The summed E-state index contributed by atoms with van der Waals surface area (Å²) < 4.78 is 0. The summed E-state index contributed by atoms with van der Waals surface area (Å²) in [5.74, 6) is 0.722. The van der Waals surface area contributed by atoms with Gasteiger partial charge in [-0.1, -0.05) is 13.8 Å². The molecule has 1 aromatic heterocycles. The minimum absolute atomic E-state index is 0.0971. The highest BCUT2D eigenvalue weighted by Crippen LogP contribution is 2.16. The second-order valence-corrected chi connectivity index (χ2v) is 7.35. The van der Waals surface area contributed by atoms with Gasteiger partial charge in [0.15, 0.2) is 0 Å². The Balaban J connectivity index is 2.29. The predicted molar refractivity (Wildman–Crippen MR) is 87.3 cm³/mol. The largest absolute Gasteiger partial charge is 0.355 e. The summed E-state index contributed by atoms with van der Waals surface area (Å²) in [6.45, 7) is 11.3. The number of aryl methyl sites for hydroxylation is 1. The molecule has 0 aliphatic rings. The average molecular weight is 296 g/mol. The molecule has 20 heavy (non-hydrogen) atoms. The minimum Gasteiger partial charge on any atom is -0.355 e. The fourth-order valence-electron chi connectivity index (χ4n) is 2.10. The smallest absolute Gasteiger partial charge is 0.236 e. The van der Waals surface area contributed by atoms with Crippen molar-refractivity contribution >= 4 is 17.2 Å². The highest BCUT2D eigenvalue weighted by atomic mass is 32.1. The van der Waals surface area contributed by atoms with Crippen molar-refractivity contribution in [1.82, 2.24) is 10.6 Å². The van der Waals surface area contributed by atoms with E-state index in [9.17, 15) is 4.79 Å². The molecule has 0 radical (unpaired) electrons. The van der Waals surface area contributed by atoms with Gasteiger partial charge >= 0.3 is 0 Å². The van der Waals surface area contributed by atoms with Crippen molar-refractivity contribution in [2.75, 3.05) is 6.54 Å². The van der Waals surface area contributed by atoms with Gasteiger partial charge in [0, 0.05) is 22.3 Å². The monoisotopic (exact) mass is 296 g/mol. The van der Waals surface area contributed by atoms with Gasteiger partial charge in [-0.2, -0.15) is 0 Å². The third kappa shape index (κ3) is 6.53. The van der Waals surface area contributed by atoms with E-state index in [0.29, 0.717) is 12.0 Å². The lowest BCUT2D eigenvalue weighted by Crippen LogP contribution is -2.46. The number of thiophene rings is 1. The molecule has 0 aliphatic heterocycles. The topological polar surface area (TPSA) is 41.1 Å². The van der Waals surface area contributed by atoms with Gasteiger partial charge in [-0.3, -0.25) is 4.79 Å². The van der Waals surface area contributed by atoms with Gasteiger partial charge in [0.05, 0.1) is 6.04 Å². The van der Waals surface area contributed by atoms with Crippen molar-refractivity contribution in [2.24, 2.45) is 5.92 Å². The molecule has 0 saturated heterocycles. The van der Waals surface area contributed by atoms with Crippen LogP contribution in [-0.4, -0.2) is 24.5 Å².